The van der Waals surface area contributed by atoms with E-state index in [4.69, 9.17) is 0 Å². The van der Waals surface area contributed by atoms with E-state index < -0.39 is 0 Å². The third-order valence-corrected chi connectivity index (χ3v) is 4.63. The number of nitrogens with one attached hydrogen (secondary N) is 1. The fraction of sp³-hybridized carbons (Fsp3) is 0.750. The molecule has 0 bridgehead atoms. The highest BCUT2D eigenvalue weighted by atomic mass is 16.2. The Labute approximate surface area is 136 Å². The van der Waals surface area contributed by atoms with Crippen molar-refractivity contribution in [2.75, 3.05) is 6.54 Å². The minimum absolute atomic E-state index is 0.140. The van der Waals surface area contributed by atoms with Crippen molar-refractivity contribution >= 4 is 11.8 Å². The Bertz CT molecular complexity index is 567. The van der Waals surface area contributed by atoms with Gasteiger partial charge < -0.3 is 10.2 Å². The number of aromatic nitrogens is 3. The van der Waals surface area contributed by atoms with Crippen molar-refractivity contribution in [1.29, 1.82) is 0 Å². The highest BCUT2D eigenvalue weighted by Gasteiger charge is 2.26. The molecule has 0 spiro atoms. The van der Waals surface area contributed by atoms with Crippen molar-refractivity contribution in [2.24, 2.45) is 0 Å². The van der Waals surface area contributed by atoms with Crippen LogP contribution in [-0.2, 0) is 11.3 Å². The summed E-state index contributed by atoms with van der Waals surface area (Å²) in [6.07, 6.45) is 8.55. The fourth-order valence-corrected chi connectivity index (χ4v) is 3.11. The Morgan fingerprint density at radius 2 is 2.13 bits per heavy atom. The number of carbonyl (C=O) groups excluding carboxylic acids is 2. The van der Waals surface area contributed by atoms with Crippen molar-refractivity contribution in [3.8, 4) is 0 Å². The summed E-state index contributed by atoms with van der Waals surface area (Å²) < 4.78 is 1.71. The van der Waals surface area contributed by atoms with E-state index in [0.29, 0.717) is 24.7 Å². The molecule has 1 aliphatic carbocycles. The standard InChI is InChI=1S/C16H25N5O2/c1-2-15(22)21-9-4-3-5-13(21)8-10-20-11-14(18-19-20)16(23)17-12-6-7-12/h11-13H,2-10H2,1H3,(H,17,23). The van der Waals surface area contributed by atoms with Crippen LogP contribution in [0, 0.1) is 0 Å². The van der Waals surface area contributed by atoms with Gasteiger partial charge in [0.2, 0.25) is 5.91 Å². The van der Waals surface area contributed by atoms with Crippen LogP contribution in [0.5, 0.6) is 0 Å². The van der Waals surface area contributed by atoms with Crippen LogP contribution in [0.1, 0.15) is 62.4 Å². The topological polar surface area (TPSA) is 80.1 Å². The van der Waals surface area contributed by atoms with Crippen LogP contribution in [0.25, 0.3) is 0 Å². The molecule has 126 valence electrons. The lowest BCUT2D eigenvalue weighted by atomic mass is 9.99. The van der Waals surface area contributed by atoms with Crippen LogP contribution >= 0.6 is 0 Å². The molecule has 3 rings (SSSR count). The number of carbonyl (C=O) groups is 2. The molecular formula is C16H25N5O2. The molecule has 1 unspecified atom stereocenters. The van der Waals surface area contributed by atoms with Gasteiger partial charge in [-0.05, 0) is 38.5 Å². The zero-order valence-electron chi connectivity index (χ0n) is 13.7. The summed E-state index contributed by atoms with van der Waals surface area (Å²) in [5.74, 6) is 0.0944. The molecule has 1 N–H and O–H groups in total. The second kappa shape index (κ2) is 7.10. The molecule has 2 amide bonds. The van der Waals surface area contributed by atoms with Crippen LogP contribution in [0.15, 0.2) is 6.20 Å². The summed E-state index contributed by atoms with van der Waals surface area (Å²) in [5, 5.41) is 10.9. The zero-order chi connectivity index (χ0) is 16.2. The Balaban J connectivity index is 1.53. The number of hydrogen-bond acceptors (Lipinski definition) is 4. The lowest BCUT2D eigenvalue weighted by Crippen LogP contribution is -2.43. The first-order chi connectivity index (χ1) is 11.2. The van der Waals surface area contributed by atoms with Crippen molar-refractivity contribution in [3.63, 3.8) is 0 Å². The lowest BCUT2D eigenvalue weighted by molar-refractivity contribution is -0.134. The van der Waals surface area contributed by atoms with Crippen LogP contribution < -0.4 is 5.32 Å². The van der Waals surface area contributed by atoms with E-state index in [1.807, 2.05) is 11.8 Å². The molecular weight excluding hydrogens is 294 g/mol. The smallest absolute Gasteiger partial charge is 0.273 e. The molecule has 23 heavy (non-hydrogen) atoms. The van der Waals surface area contributed by atoms with Gasteiger partial charge in [-0.3, -0.25) is 14.3 Å². The first kappa shape index (κ1) is 16.0. The Hall–Kier alpha value is -1.92. The molecule has 2 fully saturated rings. The number of hydrogen-bond donors (Lipinski definition) is 1. The number of nitrogens with zero attached hydrogens (tertiary/aromatic N) is 4. The maximum Gasteiger partial charge on any atom is 0.273 e. The Kier molecular flexibility index (Phi) is 4.93. The fourth-order valence-electron chi connectivity index (χ4n) is 3.11. The molecule has 1 saturated heterocycles. The highest BCUT2D eigenvalue weighted by Crippen LogP contribution is 2.21. The zero-order valence-corrected chi connectivity index (χ0v) is 13.7. The van der Waals surface area contributed by atoms with Crippen LogP contribution in [0.2, 0.25) is 0 Å². The molecule has 7 heteroatoms. The second-order valence-electron chi connectivity index (χ2n) is 6.49. The van der Waals surface area contributed by atoms with Crippen LogP contribution in [0.4, 0.5) is 0 Å². The van der Waals surface area contributed by atoms with E-state index in [-0.39, 0.29) is 17.9 Å². The second-order valence-corrected chi connectivity index (χ2v) is 6.49. The van der Waals surface area contributed by atoms with Gasteiger partial charge in [-0.15, -0.1) is 5.10 Å². The van der Waals surface area contributed by atoms with Gasteiger partial charge in [-0.2, -0.15) is 0 Å². The van der Waals surface area contributed by atoms with Crippen LogP contribution in [0.3, 0.4) is 0 Å². The van der Waals surface area contributed by atoms with Gasteiger partial charge in [-0.1, -0.05) is 12.1 Å². The molecule has 1 saturated carbocycles. The molecule has 2 heterocycles. The Morgan fingerprint density at radius 1 is 1.30 bits per heavy atom. The van der Waals surface area contributed by atoms with E-state index in [1.165, 1.54) is 6.42 Å². The van der Waals surface area contributed by atoms with Gasteiger partial charge in [0.1, 0.15) is 0 Å². The molecule has 1 aliphatic heterocycles. The van der Waals surface area contributed by atoms with Crippen LogP contribution in [-0.4, -0.2) is 50.3 Å². The number of piperidine rings is 1. The highest BCUT2D eigenvalue weighted by molar-refractivity contribution is 5.92. The summed E-state index contributed by atoms with van der Waals surface area (Å²) >= 11 is 0. The Morgan fingerprint density at radius 3 is 2.87 bits per heavy atom. The van der Waals surface area contributed by atoms with Gasteiger partial charge in [0.05, 0.1) is 6.20 Å². The van der Waals surface area contributed by atoms with Crippen molar-refractivity contribution in [1.82, 2.24) is 25.2 Å². The molecule has 0 aromatic carbocycles. The quantitative estimate of drug-likeness (QED) is 0.858. The molecule has 7 nitrogen and oxygen atoms in total. The summed E-state index contributed by atoms with van der Waals surface area (Å²) in [4.78, 5) is 26.0. The largest absolute Gasteiger partial charge is 0.348 e. The third-order valence-electron chi connectivity index (χ3n) is 4.63. The average Bonchev–Trinajstić information content (AvgIpc) is 3.26. The van der Waals surface area contributed by atoms with E-state index in [9.17, 15) is 9.59 Å². The number of amides is 2. The maximum absolute atomic E-state index is 12.0. The summed E-state index contributed by atoms with van der Waals surface area (Å²) in [5.41, 5.74) is 0.377. The van der Waals surface area contributed by atoms with Gasteiger partial charge in [-0.25, -0.2) is 0 Å². The van der Waals surface area contributed by atoms with Gasteiger partial charge in [0.15, 0.2) is 5.69 Å². The number of rotatable bonds is 6. The summed E-state index contributed by atoms with van der Waals surface area (Å²) in [7, 11) is 0. The predicted octanol–water partition coefficient (Wildman–Crippen LogP) is 1.35. The van der Waals surface area contributed by atoms with E-state index in [2.05, 4.69) is 15.6 Å². The van der Waals surface area contributed by atoms with E-state index >= 15 is 0 Å². The number of likely N-dealkylation sites (tertiary alicyclic amines) is 1. The first-order valence-electron chi connectivity index (χ1n) is 8.68. The monoisotopic (exact) mass is 319 g/mol. The van der Waals surface area contributed by atoms with Crippen molar-refractivity contribution < 1.29 is 9.59 Å². The molecule has 1 atom stereocenters. The predicted molar refractivity (Wildman–Crippen MR) is 84.8 cm³/mol. The molecule has 1 aromatic rings. The van der Waals surface area contributed by atoms with Gasteiger partial charge in [0, 0.05) is 31.6 Å². The molecule has 1 aromatic heterocycles. The van der Waals surface area contributed by atoms with Crippen molar-refractivity contribution in [2.45, 2.75) is 70.5 Å². The normalized spacial score (nSPS) is 21.3. The summed E-state index contributed by atoms with van der Waals surface area (Å²) in [6, 6.07) is 0.604. The van der Waals surface area contributed by atoms with Crippen molar-refractivity contribution in [3.05, 3.63) is 11.9 Å². The molecule has 2 aliphatic rings. The SMILES string of the molecule is CCC(=O)N1CCCCC1CCn1cc(C(=O)NC2CC2)nn1. The summed E-state index contributed by atoms with van der Waals surface area (Å²) in [6.45, 7) is 3.46. The lowest BCUT2D eigenvalue weighted by Gasteiger charge is -2.35. The number of aryl methyl sites for hydroxylation is 1. The minimum atomic E-state index is -0.140. The van der Waals surface area contributed by atoms with E-state index in [1.54, 1.807) is 10.9 Å². The molecule has 0 radical (unpaired) electrons. The third kappa shape index (κ3) is 4.09. The van der Waals surface area contributed by atoms with E-state index in [0.717, 1.165) is 38.6 Å². The minimum Gasteiger partial charge on any atom is -0.348 e. The maximum atomic E-state index is 12.0. The van der Waals surface area contributed by atoms with Gasteiger partial charge >= 0.3 is 0 Å². The average molecular weight is 319 g/mol. The van der Waals surface area contributed by atoms with Gasteiger partial charge in [0.25, 0.3) is 5.91 Å². The first-order valence-corrected chi connectivity index (χ1v) is 8.68.